The van der Waals surface area contributed by atoms with Crippen LogP contribution in [-0.2, 0) is 10.2 Å². The van der Waals surface area contributed by atoms with Crippen molar-refractivity contribution in [3.8, 4) is 0 Å². The average Bonchev–Trinajstić information content (AvgIpc) is 2.16. The first kappa shape index (κ1) is 11.9. The third-order valence-corrected chi connectivity index (χ3v) is 3.55. The highest BCUT2D eigenvalue weighted by atomic mass is 32.2. The lowest BCUT2D eigenvalue weighted by atomic mass is 10.4. The normalized spacial score (nSPS) is 22.1. The van der Waals surface area contributed by atoms with Gasteiger partial charge in [0.15, 0.2) is 0 Å². The quantitative estimate of drug-likeness (QED) is 0.520. The highest BCUT2D eigenvalue weighted by Gasteiger charge is 2.23. The predicted molar refractivity (Wildman–Crippen MR) is 53.0 cm³/mol. The van der Waals surface area contributed by atoms with Gasteiger partial charge in [0.1, 0.15) is 0 Å². The minimum Gasteiger partial charge on any atom is -0.392 e. The molecule has 1 aliphatic heterocycles. The molecule has 1 fully saturated rings. The third-order valence-electron chi connectivity index (χ3n) is 1.98. The summed E-state index contributed by atoms with van der Waals surface area (Å²) in [4.78, 5) is 0. The van der Waals surface area contributed by atoms with Gasteiger partial charge in [-0.3, -0.25) is 0 Å². The van der Waals surface area contributed by atoms with Crippen molar-refractivity contribution < 1.29 is 13.5 Å². The minimum absolute atomic E-state index is 0.0618. The van der Waals surface area contributed by atoms with E-state index in [1.54, 1.807) is 6.92 Å². The van der Waals surface area contributed by atoms with Crippen molar-refractivity contribution in [2.24, 2.45) is 0 Å². The van der Waals surface area contributed by atoms with E-state index in [-0.39, 0.29) is 6.54 Å². The summed E-state index contributed by atoms with van der Waals surface area (Å²) in [6.07, 6.45) is -0.660. The number of nitrogens with zero attached hydrogens (tertiary/aromatic N) is 1. The van der Waals surface area contributed by atoms with Gasteiger partial charge >= 0.3 is 0 Å². The number of aliphatic hydroxyl groups excluding tert-OH is 1. The van der Waals surface area contributed by atoms with Crippen LogP contribution in [0.1, 0.15) is 6.92 Å². The first-order chi connectivity index (χ1) is 6.52. The zero-order valence-corrected chi connectivity index (χ0v) is 9.05. The summed E-state index contributed by atoms with van der Waals surface area (Å²) in [6, 6.07) is 0. The molecule has 1 rings (SSSR count). The van der Waals surface area contributed by atoms with E-state index in [4.69, 9.17) is 5.11 Å². The Balaban J connectivity index is 2.46. The van der Waals surface area contributed by atoms with Crippen molar-refractivity contribution in [1.82, 2.24) is 14.3 Å². The van der Waals surface area contributed by atoms with E-state index < -0.39 is 16.3 Å². The Kier molecular flexibility index (Phi) is 4.27. The molecule has 0 aromatic rings. The van der Waals surface area contributed by atoms with Gasteiger partial charge in [0.05, 0.1) is 6.10 Å². The molecule has 0 unspecified atom stereocenters. The van der Waals surface area contributed by atoms with Crippen molar-refractivity contribution in [2.75, 3.05) is 32.7 Å². The van der Waals surface area contributed by atoms with Crippen LogP contribution >= 0.6 is 0 Å². The van der Waals surface area contributed by atoms with Gasteiger partial charge in [0, 0.05) is 32.7 Å². The van der Waals surface area contributed by atoms with Gasteiger partial charge in [-0.2, -0.15) is 17.4 Å². The Hall–Kier alpha value is -0.210. The maximum atomic E-state index is 11.6. The molecule has 6 nitrogen and oxygen atoms in total. The molecule has 1 atom stereocenters. The Morgan fingerprint density at radius 1 is 1.50 bits per heavy atom. The van der Waals surface area contributed by atoms with Crippen molar-refractivity contribution >= 4 is 10.2 Å². The zero-order chi connectivity index (χ0) is 10.6. The van der Waals surface area contributed by atoms with Gasteiger partial charge in [-0.25, -0.2) is 0 Å². The highest BCUT2D eigenvalue weighted by Crippen LogP contribution is 1.99. The van der Waals surface area contributed by atoms with Crippen LogP contribution in [0.25, 0.3) is 0 Å². The number of rotatable bonds is 4. The SMILES string of the molecule is C[C@H](O)CNS(=O)(=O)N1CCNCC1. The summed E-state index contributed by atoms with van der Waals surface area (Å²) in [5.74, 6) is 0. The monoisotopic (exact) mass is 223 g/mol. The van der Waals surface area contributed by atoms with Gasteiger partial charge in [-0.05, 0) is 6.92 Å². The zero-order valence-electron chi connectivity index (χ0n) is 8.23. The molecule has 14 heavy (non-hydrogen) atoms. The standard InChI is InChI=1S/C7H17N3O3S/c1-7(11)6-9-14(12,13)10-4-2-8-3-5-10/h7-9,11H,2-6H2,1H3/t7-/m0/s1. The molecule has 7 heteroatoms. The van der Waals surface area contributed by atoms with E-state index in [2.05, 4.69) is 10.0 Å². The van der Waals surface area contributed by atoms with Gasteiger partial charge in [-0.1, -0.05) is 0 Å². The van der Waals surface area contributed by atoms with E-state index in [0.29, 0.717) is 26.2 Å². The fourth-order valence-corrected chi connectivity index (χ4v) is 2.50. The van der Waals surface area contributed by atoms with Crippen molar-refractivity contribution in [3.05, 3.63) is 0 Å². The fraction of sp³-hybridized carbons (Fsp3) is 1.00. The molecule has 84 valence electrons. The molecular weight excluding hydrogens is 206 g/mol. The Morgan fingerprint density at radius 2 is 2.07 bits per heavy atom. The topological polar surface area (TPSA) is 81.7 Å². The van der Waals surface area contributed by atoms with Gasteiger partial charge < -0.3 is 10.4 Å². The van der Waals surface area contributed by atoms with Crippen LogP contribution in [0.15, 0.2) is 0 Å². The molecule has 3 N–H and O–H groups in total. The minimum atomic E-state index is -3.40. The van der Waals surface area contributed by atoms with E-state index in [0.717, 1.165) is 0 Å². The van der Waals surface area contributed by atoms with Crippen molar-refractivity contribution in [3.63, 3.8) is 0 Å². The van der Waals surface area contributed by atoms with Crippen LogP contribution in [0.2, 0.25) is 0 Å². The summed E-state index contributed by atoms with van der Waals surface area (Å²) in [5.41, 5.74) is 0. The van der Waals surface area contributed by atoms with Gasteiger partial charge in [0.2, 0.25) is 0 Å². The van der Waals surface area contributed by atoms with Crippen LogP contribution in [0.4, 0.5) is 0 Å². The van der Waals surface area contributed by atoms with Crippen LogP contribution in [-0.4, -0.2) is 56.7 Å². The summed E-state index contributed by atoms with van der Waals surface area (Å²) >= 11 is 0. The van der Waals surface area contributed by atoms with Crippen LogP contribution in [0.3, 0.4) is 0 Å². The second-order valence-corrected chi connectivity index (χ2v) is 5.11. The molecule has 0 radical (unpaired) electrons. The predicted octanol–water partition coefficient (Wildman–Crippen LogP) is -1.89. The summed E-state index contributed by atoms with van der Waals surface area (Å²) in [7, 11) is -3.40. The number of nitrogens with one attached hydrogen (secondary N) is 2. The fourth-order valence-electron chi connectivity index (χ4n) is 1.20. The second kappa shape index (κ2) is 5.04. The molecule has 0 spiro atoms. The number of hydrogen-bond donors (Lipinski definition) is 3. The Bertz CT molecular complexity index is 259. The van der Waals surface area contributed by atoms with Crippen molar-refractivity contribution in [2.45, 2.75) is 13.0 Å². The molecular formula is C7H17N3O3S. The summed E-state index contributed by atoms with van der Waals surface area (Å²) in [6.45, 7) is 3.92. The molecule has 0 bridgehead atoms. The smallest absolute Gasteiger partial charge is 0.279 e. The molecule has 0 saturated carbocycles. The van der Waals surface area contributed by atoms with Crippen LogP contribution in [0.5, 0.6) is 0 Å². The maximum Gasteiger partial charge on any atom is 0.279 e. The van der Waals surface area contributed by atoms with E-state index >= 15 is 0 Å². The van der Waals surface area contributed by atoms with Gasteiger partial charge in [0.25, 0.3) is 10.2 Å². The van der Waals surface area contributed by atoms with E-state index in [1.165, 1.54) is 4.31 Å². The maximum absolute atomic E-state index is 11.6. The largest absolute Gasteiger partial charge is 0.392 e. The van der Waals surface area contributed by atoms with Gasteiger partial charge in [-0.15, -0.1) is 0 Å². The highest BCUT2D eigenvalue weighted by molar-refractivity contribution is 7.87. The molecule has 0 aromatic heterocycles. The third kappa shape index (κ3) is 3.50. The molecule has 1 heterocycles. The molecule has 0 aromatic carbocycles. The summed E-state index contributed by atoms with van der Waals surface area (Å²) in [5, 5.41) is 12.0. The van der Waals surface area contributed by atoms with Crippen LogP contribution in [0, 0.1) is 0 Å². The first-order valence-electron chi connectivity index (χ1n) is 4.66. The Morgan fingerprint density at radius 3 is 2.57 bits per heavy atom. The molecule has 0 amide bonds. The van der Waals surface area contributed by atoms with E-state index in [1.807, 2.05) is 0 Å². The van der Waals surface area contributed by atoms with E-state index in [9.17, 15) is 8.42 Å². The van der Waals surface area contributed by atoms with Crippen molar-refractivity contribution in [1.29, 1.82) is 0 Å². The lowest BCUT2D eigenvalue weighted by Gasteiger charge is -2.26. The number of piperazine rings is 1. The second-order valence-electron chi connectivity index (χ2n) is 3.35. The first-order valence-corrected chi connectivity index (χ1v) is 6.10. The molecule has 1 aliphatic rings. The van der Waals surface area contributed by atoms with Crippen LogP contribution < -0.4 is 10.0 Å². The number of aliphatic hydroxyl groups is 1. The lowest BCUT2D eigenvalue weighted by Crippen LogP contribution is -2.51. The lowest BCUT2D eigenvalue weighted by molar-refractivity contribution is 0.197. The molecule has 1 saturated heterocycles. The Labute approximate surface area is 84.5 Å². The number of hydrogen-bond acceptors (Lipinski definition) is 4. The average molecular weight is 223 g/mol. The summed E-state index contributed by atoms with van der Waals surface area (Å²) < 4.78 is 26.9. The molecule has 0 aliphatic carbocycles.